The van der Waals surface area contributed by atoms with Gasteiger partial charge >= 0.3 is 5.97 Å². The molecule has 2 heterocycles. The highest BCUT2D eigenvalue weighted by atomic mass is 16.5. The van der Waals surface area contributed by atoms with Gasteiger partial charge in [-0.1, -0.05) is 0 Å². The number of hydrogen-bond donors (Lipinski definition) is 1. The summed E-state index contributed by atoms with van der Waals surface area (Å²) in [5.41, 5.74) is 6.73. The molecule has 16 heavy (non-hydrogen) atoms. The van der Waals surface area contributed by atoms with E-state index >= 15 is 0 Å². The molecule has 2 rings (SSSR count). The van der Waals surface area contributed by atoms with E-state index in [1.165, 1.54) is 18.6 Å². The van der Waals surface area contributed by atoms with Crippen LogP contribution >= 0.6 is 0 Å². The van der Waals surface area contributed by atoms with E-state index in [-0.39, 0.29) is 11.4 Å². The molecule has 2 aromatic rings. The Kier molecular flexibility index (Phi) is 2.63. The van der Waals surface area contributed by atoms with Crippen molar-refractivity contribution in [1.29, 1.82) is 0 Å². The van der Waals surface area contributed by atoms with Crippen LogP contribution in [0, 0.1) is 0 Å². The summed E-state index contributed by atoms with van der Waals surface area (Å²) in [5.74, 6) is -0.225. The lowest BCUT2D eigenvalue weighted by molar-refractivity contribution is 0.0528. The average molecular weight is 218 g/mol. The van der Waals surface area contributed by atoms with Gasteiger partial charge in [0.15, 0.2) is 5.82 Å². The number of nitrogens with two attached hydrogens (primary N) is 1. The third-order valence-electron chi connectivity index (χ3n) is 2.02. The SMILES string of the molecule is CCOC(=O)c1cnc(N)c2nccnc12. The van der Waals surface area contributed by atoms with Crippen LogP contribution in [0.1, 0.15) is 17.3 Å². The standard InChI is InChI=1S/C10H10N4O2/c1-2-16-10(15)6-5-14-9(11)8-7(6)12-3-4-13-8/h3-5H,2H2,1H3,(H2,11,14). The number of pyridine rings is 1. The smallest absolute Gasteiger partial charge is 0.341 e. The Labute approximate surface area is 91.5 Å². The van der Waals surface area contributed by atoms with Gasteiger partial charge in [-0.3, -0.25) is 4.98 Å². The zero-order chi connectivity index (χ0) is 11.5. The van der Waals surface area contributed by atoms with Crippen molar-refractivity contribution in [2.75, 3.05) is 12.3 Å². The second-order valence-corrected chi connectivity index (χ2v) is 3.03. The van der Waals surface area contributed by atoms with Crippen LogP contribution in [0.5, 0.6) is 0 Å². The lowest BCUT2D eigenvalue weighted by Crippen LogP contribution is -2.08. The minimum Gasteiger partial charge on any atom is -0.462 e. The normalized spacial score (nSPS) is 10.3. The first-order valence-corrected chi connectivity index (χ1v) is 4.76. The molecular weight excluding hydrogens is 208 g/mol. The molecule has 0 aromatic carbocycles. The third-order valence-corrected chi connectivity index (χ3v) is 2.02. The lowest BCUT2D eigenvalue weighted by Gasteiger charge is -2.05. The van der Waals surface area contributed by atoms with Crippen molar-refractivity contribution in [2.45, 2.75) is 6.92 Å². The predicted molar refractivity (Wildman–Crippen MR) is 57.7 cm³/mol. The van der Waals surface area contributed by atoms with Gasteiger partial charge < -0.3 is 10.5 Å². The highest BCUT2D eigenvalue weighted by Gasteiger charge is 2.14. The van der Waals surface area contributed by atoms with Gasteiger partial charge in [0.05, 0.1) is 6.61 Å². The molecule has 0 aliphatic heterocycles. The van der Waals surface area contributed by atoms with Crippen LogP contribution in [-0.4, -0.2) is 27.5 Å². The van der Waals surface area contributed by atoms with Gasteiger partial charge in [0.25, 0.3) is 0 Å². The predicted octanol–water partition coefficient (Wildman–Crippen LogP) is 0.784. The van der Waals surface area contributed by atoms with Gasteiger partial charge in [-0.05, 0) is 6.92 Å². The summed E-state index contributed by atoms with van der Waals surface area (Å²) >= 11 is 0. The number of nitrogen functional groups attached to an aromatic ring is 1. The molecule has 0 amide bonds. The summed E-state index contributed by atoms with van der Waals surface area (Å²) < 4.78 is 4.89. The first-order chi connectivity index (χ1) is 7.74. The maximum Gasteiger partial charge on any atom is 0.341 e. The Morgan fingerprint density at radius 2 is 2.00 bits per heavy atom. The van der Waals surface area contributed by atoms with E-state index in [0.29, 0.717) is 17.6 Å². The Morgan fingerprint density at radius 1 is 1.31 bits per heavy atom. The van der Waals surface area contributed by atoms with Crippen LogP contribution in [0.3, 0.4) is 0 Å². The number of nitrogens with zero attached hydrogens (tertiary/aromatic N) is 3. The van der Waals surface area contributed by atoms with Crippen LogP contribution < -0.4 is 5.73 Å². The van der Waals surface area contributed by atoms with Gasteiger partial charge in [0.2, 0.25) is 0 Å². The van der Waals surface area contributed by atoms with Crippen LogP contribution in [0.2, 0.25) is 0 Å². The van der Waals surface area contributed by atoms with Crippen LogP contribution in [0.15, 0.2) is 18.6 Å². The maximum atomic E-state index is 11.6. The minimum absolute atomic E-state index is 0.246. The minimum atomic E-state index is -0.472. The van der Waals surface area contributed by atoms with Crippen LogP contribution in [0.25, 0.3) is 11.0 Å². The second kappa shape index (κ2) is 4.09. The second-order valence-electron chi connectivity index (χ2n) is 3.03. The molecule has 6 heteroatoms. The molecular formula is C10H10N4O2. The number of hydrogen-bond acceptors (Lipinski definition) is 6. The number of carbonyl (C=O) groups is 1. The Balaban J connectivity index is 2.63. The van der Waals surface area contributed by atoms with Gasteiger partial charge in [0, 0.05) is 18.6 Å². The molecule has 0 aliphatic rings. The first kappa shape index (κ1) is 10.3. The number of rotatable bonds is 2. The van der Waals surface area contributed by atoms with Crippen LogP contribution in [-0.2, 0) is 4.74 Å². The zero-order valence-electron chi connectivity index (χ0n) is 8.67. The molecule has 2 aromatic heterocycles. The number of anilines is 1. The first-order valence-electron chi connectivity index (χ1n) is 4.76. The van der Waals surface area contributed by atoms with E-state index in [4.69, 9.17) is 10.5 Å². The molecule has 0 spiro atoms. The molecule has 82 valence electrons. The van der Waals surface area contributed by atoms with E-state index in [0.717, 1.165) is 0 Å². The number of aromatic nitrogens is 3. The van der Waals surface area contributed by atoms with Crippen molar-refractivity contribution in [3.05, 3.63) is 24.2 Å². The number of esters is 1. The monoisotopic (exact) mass is 218 g/mol. The summed E-state index contributed by atoms with van der Waals surface area (Å²) in [6, 6.07) is 0. The fraction of sp³-hybridized carbons (Fsp3) is 0.200. The quantitative estimate of drug-likeness (QED) is 0.749. The van der Waals surface area contributed by atoms with Crippen molar-refractivity contribution in [3.8, 4) is 0 Å². The fourth-order valence-electron chi connectivity index (χ4n) is 1.34. The largest absolute Gasteiger partial charge is 0.462 e. The topological polar surface area (TPSA) is 91.0 Å². The van der Waals surface area contributed by atoms with E-state index in [1.807, 2.05) is 0 Å². The van der Waals surface area contributed by atoms with Crippen molar-refractivity contribution >= 4 is 22.8 Å². The molecule has 0 unspecified atom stereocenters. The Bertz CT molecular complexity index is 541. The average Bonchev–Trinajstić information content (AvgIpc) is 2.30. The highest BCUT2D eigenvalue weighted by molar-refractivity contribution is 6.03. The molecule has 0 saturated heterocycles. The summed E-state index contributed by atoms with van der Waals surface area (Å²) in [6.45, 7) is 2.03. The maximum absolute atomic E-state index is 11.6. The molecule has 0 saturated carbocycles. The summed E-state index contributed by atoms with van der Waals surface area (Å²) in [4.78, 5) is 23.6. The summed E-state index contributed by atoms with van der Waals surface area (Å²) in [5, 5.41) is 0. The molecule has 0 bridgehead atoms. The van der Waals surface area contributed by atoms with Crippen molar-refractivity contribution in [2.24, 2.45) is 0 Å². The Hall–Kier alpha value is -2.24. The van der Waals surface area contributed by atoms with Gasteiger partial charge in [-0.2, -0.15) is 0 Å². The molecule has 6 nitrogen and oxygen atoms in total. The number of carbonyl (C=O) groups excluding carboxylic acids is 1. The Morgan fingerprint density at radius 3 is 2.69 bits per heavy atom. The van der Waals surface area contributed by atoms with E-state index < -0.39 is 5.97 Å². The summed E-state index contributed by atoms with van der Waals surface area (Å²) in [7, 11) is 0. The van der Waals surface area contributed by atoms with Crippen molar-refractivity contribution < 1.29 is 9.53 Å². The van der Waals surface area contributed by atoms with Gasteiger partial charge in [-0.15, -0.1) is 0 Å². The molecule has 0 atom stereocenters. The highest BCUT2D eigenvalue weighted by Crippen LogP contribution is 2.18. The molecule has 0 aliphatic carbocycles. The van der Waals surface area contributed by atoms with E-state index in [9.17, 15) is 4.79 Å². The molecule has 0 fully saturated rings. The van der Waals surface area contributed by atoms with E-state index in [1.54, 1.807) is 6.92 Å². The fourth-order valence-corrected chi connectivity index (χ4v) is 1.34. The van der Waals surface area contributed by atoms with Crippen molar-refractivity contribution in [3.63, 3.8) is 0 Å². The van der Waals surface area contributed by atoms with Crippen molar-refractivity contribution in [1.82, 2.24) is 15.0 Å². The van der Waals surface area contributed by atoms with Gasteiger partial charge in [-0.25, -0.2) is 14.8 Å². The third kappa shape index (κ3) is 1.65. The number of ether oxygens (including phenoxy) is 1. The van der Waals surface area contributed by atoms with Crippen LogP contribution in [0.4, 0.5) is 5.82 Å². The molecule has 0 radical (unpaired) electrons. The van der Waals surface area contributed by atoms with E-state index in [2.05, 4.69) is 15.0 Å². The lowest BCUT2D eigenvalue weighted by atomic mass is 10.2. The molecule has 2 N–H and O–H groups in total. The zero-order valence-corrected chi connectivity index (χ0v) is 8.67. The number of fused-ring (bicyclic) bond motifs is 1. The van der Waals surface area contributed by atoms with Gasteiger partial charge in [0.1, 0.15) is 16.6 Å². The summed E-state index contributed by atoms with van der Waals surface area (Å²) in [6.07, 6.45) is 4.34.